The molecule has 3 heterocycles. The number of phenols is 1. The zero-order chi connectivity index (χ0) is 32.1. The van der Waals surface area contributed by atoms with Gasteiger partial charge in [0.15, 0.2) is 0 Å². The molecule has 9 rings (SSSR count). The predicted molar refractivity (Wildman–Crippen MR) is 190 cm³/mol. The van der Waals surface area contributed by atoms with E-state index in [1.165, 1.54) is 16.5 Å². The summed E-state index contributed by atoms with van der Waals surface area (Å²) in [6.45, 7) is 9.38. The maximum atomic E-state index is 11.5. The minimum Gasteiger partial charge on any atom is -0.507 e. The lowest BCUT2D eigenvalue weighted by atomic mass is 9.55. The van der Waals surface area contributed by atoms with E-state index >= 15 is 0 Å². The third kappa shape index (κ3) is 3.77. The Bertz CT molecular complexity index is 2540. The topological polar surface area (TPSA) is 64.1 Å². The van der Waals surface area contributed by atoms with Crippen LogP contribution in [0.1, 0.15) is 38.8 Å². The van der Waals surface area contributed by atoms with Crippen LogP contribution in [0, 0.1) is 0 Å². The Morgan fingerprint density at radius 2 is 1.30 bits per heavy atom. The Labute approximate surface area is 272 Å². The molecule has 1 N–H and O–H groups in total. The van der Waals surface area contributed by atoms with Gasteiger partial charge in [0.05, 0.1) is 17.0 Å². The van der Waals surface area contributed by atoms with Crippen molar-refractivity contribution in [2.75, 3.05) is 0 Å². The van der Waals surface area contributed by atoms with Crippen molar-refractivity contribution in [2.24, 2.45) is 0 Å². The highest BCUT2D eigenvalue weighted by Crippen LogP contribution is 2.56. The Morgan fingerprint density at radius 3 is 2.11 bits per heavy atom. The summed E-state index contributed by atoms with van der Waals surface area (Å²) >= 11 is 0. The first-order chi connectivity index (χ1) is 22.8. The Morgan fingerprint density at radius 1 is 0.617 bits per heavy atom. The number of hydrogen-bond donors (Lipinski definition) is 1. The normalized spacial score (nSPS) is 14.8. The number of furan rings is 1. The number of phenolic OH excluding ortho intramolecular Hbond substituents is 1. The Kier molecular flexibility index (Phi) is 5.68. The van der Waals surface area contributed by atoms with Gasteiger partial charge in [-0.1, -0.05) is 113 Å². The molecule has 3 aromatic heterocycles. The zero-order valence-electron chi connectivity index (χ0n) is 26.7. The van der Waals surface area contributed by atoms with E-state index in [4.69, 9.17) is 14.4 Å². The number of fused-ring (bicyclic) bond motifs is 8. The quantitative estimate of drug-likeness (QED) is 0.216. The average Bonchev–Trinajstić information content (AvgIpc) is 3.70. The lowest BCUT2D eigenvalue weighted by Gasteiger charge is -2.48. The van der Waals surface area contributed by atoms with Crippen molar-refractivity contribution in [2.45, 2.75) is 38.5 Å². The van der Waals surface area contributed by atoms with Crippen molar-refractivity contribution in [3.63, 3.8) is 0 Å². The van der Waals surface area contributed by atoms with Gasteiger partial charge in [0.1, 0.15) is 28.4 Å². The molecule has 0 saturated carbocycles. The largest absolute Gasteiger partial charge is 0.507 e. The number of para-hydroxylation sites is 2. The van der Waals surface area contributed by atoms with Crippen LogP contribution >= 0.6 is 0 Å². The van der Waals surface area contributed by atoms with Gasteiger partial charge in [-0.25, -0.2) is 9.97 Å². The van der Waals surface area contributed by atoms with E-state index in [0.717, 1.165) is 50.1 Å². The van der Waals surface area contributed by atoms with Gasteiger partial charge in [-0.2, -0.15) is 0 Å². The number of rotatable bonds is 3. The summed E-state index contributed by atoms with van der Waals surface area (Å²) in [5, 5.41) is 15.5. The molecule has 0 radical (unpaired) electrons. The van der Waals surface area contributed by atoms with E-state index in [1.807, 2.05) is 48.5 Å². The minimum atomic E-state index is -0.194. The van der Waals surface area contributed by atoms with Gasteiger partial charge in [-0.3, -0.25) is 4.57 Å². The number of benzene rings is 5. The minimum absolute atomic E-state index is 0.117. The van der Waals surface area contributed by atoms with E-state index in [-0.39, 0.29) is 16.6 Å². The summed E-state index contributed by atoms with van der Waals surface area (Å²) in [6.07, 6.45) is 2.05. The average molecular weight is 612 g/mol. The fraction of sp³-hybridized carbons (Fsp3) is 0.143. The SMILES string of the molecule is CC1(C)c2ccccc2-c2nc(-c3cn(-c4ccccc4)c(-c4c(O)ccc5oc6ccccc6c45)n3)c3ccccc3c2C1(C)C. The van der Waals surface area contributed by atoms with Crippen molar-refractivity contribution in [3.05, 3.63) is 133 Å². The van der Waals surface area contributed by atoms with Gasteiger partial charge in [0, 0.05) is 39.0 Å². The number of nitrogens with zero attached hydrogens (tertiary/aromatic N) is 3. The monoisotopic (exact) mass is 611 g/mol. The second-order valence-electron chi connectivity index (χ2n) is 13.6. The van der Waals surface area contributed by atoms with Crippen LogP contribution in [0.5, 0.6) is 5.75 Å². The van der Waals surface area contributed by atoms with Crippen LogP contribution < -0.4 is 0 Å². The number of aromatic nitrogens is 3. The molecule has 0 spiro atoms. The van der Waals surface area contributed by atoms with E-state index < -0.39 is 0 Å². The van der Waals surface area contributed by atoms with Gasteiger partial charge in [0.25, 0.3) is 0 Å². The summed E-state index contributed by atoms with van der Waals surface area (Å²) in [4.78, 5) is 10.9. The van der Waals surface area contributed by atoms with Crippen LogP contribution in [0.25, 0.3) is 72.4 Å². The Balaban J connectivity index is 1.39. The predicted octanol–water partition coefficient (Wildman–Crippen LogP) is 10.6. The molecule has 8 aromatic rings. The molecule has 5 aromatic carbocycles. The summed E-state index contributed by atoms with van der Waals surface area (Å²) in [6, 6.07) is 38.8. The lowest BCUT2D eigenvalue weighted by molar-refractivity contribution is 0.300. The van der Waals surface area contributed by atoms with Crippen molar-refractivity contribution in [3.8, 4) is 45.5 Å². The first-order valence-electron chi connectivity index (χ1n) is 16.1. The maximum Gasteiger partial charge on any atom is 0.149 e. The molecular formula is C42H33N3O2. The summed E-state index contributed by atoms with van der Waals surface area (Å²) in [5.74, 6) is 0.755. The standard InChI is InChI=1S/C42H33N3O2/c1-41(2)30-20-12-10-18-28(30)39-37(42(41,3)4)26-16-8-9-17-27(26)38(44-39)31-24-45(25-14-6-5-7-15-25)40(43-31)36-32(46)22-23-34-35(36)29-19-11-13-21-33(29)47-34/h5-24,46H,1-4H3. The fourth-order valence-electron chi connectivity index (χ4n) is 7.66. The van der Waals surface area contributed by atoms with Gasteiger partial charge in [-0.05, 0) is 52.3 Å². The van der Waals surface area contributed by atoms with Crippen molar-refractivity contribution in [1.82, 2.24) is 14.5 Å². The highest BCUT2D eigenvalue weighted by molar-refractivity contribution is 6.13. The molecule has 0 unspecified atom stereocenters. The van der Waals surface area contributed by atoms with Crippen LogP contribution in [-0.2, 0) is 10.8 Å². The molecular weight excluding hydrogens is 578 g/mol. The third-order valence-electron chi connectivity index (χ3n) is 10.7. The molecule has 0 atom stereocenters. The highest BCUT2D eigenvalue weighted by Gasteiger charge is 2.47. The van der Waals surface area contributed by atoms with E-state index in [9.17, 15) is 5.11 Å². The number of imidazole rings is 1. The molecule has 228 valence electrons. The second kappa shape index (κ2) is 9.66. The van der Waals surface area contributed by atoms with Crippen molar-refractivity contribution < 1.29 is 9.52 Å². The molecule has 1 aliphatic rings. The zero-order valence-corrected chi connectivity index (χ0v) is 26.7. The van der Waals surface area contributed by atoms with Crippen LogP contribution in [0.4, 0.5) is 0 Å². The number of pyridine rings is 1. The van der Waals surface area contributed by atoms with Crippen LogP contribution in [0.15, 0.2) is 126 Å². The molecule has 0 fully saturated rings. The van der Waals surface area contributed by atoms with Crippen LogP contribution in [-0.4, -0.2) is 19.6 Å². The lowest BCUT2D eigenvalue weighted by Crippen LogP contribution is -2.44. The number of hydrogen-bond acceptors (Lipinski definition) is 4. The first kappa shape index (κ1) is 27.6. The smallest absolute Gasteiger partial charge is 0.149 e. The van der Waals surface area contributed by atoms with Crippen molar-refractivity contribution >= 4 is 32.7 Å². The van der Waals surface area contributed by atoms with Gasteiger partial charge in [-0.15, -0.1) is 0 Å². The van der Waals surface area contributed by atoms with E-state index in [2.05, 4.69) is 99.1 Å². The van der Waals surface area contributed by atoms with Gasteiger partial charge >= 0.3 is 0 Å². The summed E-state index contributed by atoms with van der Waals surface area (Å²) < 4.78 is 8.29. The van der Waals surface area contributed by atoms with E-state index in [0.29, 0.717) is 17.0 Å². The molecule has 0 bridgehead atoms. The molecule has 5 heteroatoms. The Hall–Kier alpha value is -5.68. The van der Waals surface area contributed by atoms with Crippen LogP contribution in [0.3, 0.4) is 0 Å². The number of aromatic hydroxyl groups is 1. The first-order valence-corrected chi connectivity index (χ1v) is 16.1. The fourth-order valence-corrected chi connectivity index (χ4v) is 7.66. The molecule has 0 saturated heterocycles. The van der Waals surface area contributed by atoms with Gasteiger partial charge < -0.3 is 9.52 Å². The van der Waals surface area contributed by atoms with Crippen LogP contribution in [0.2, 0.25) is 0 Å². The van der Waals surface area contributed by atoms with Gasteiger partial charge in [0.2, 0.25) is 0 Å². The summed E-state index contributed by atoms with van der Waals surface area (Å²) in [5.41, 5.74) is 8.96. The van der Waals surface area contributed by atoms with Crippen molar-refractivity contribution in [1.29, 1.82) is 0 Å². The molecule has 47 heavy (non-hydrogen) atoms. The molecule has 0 aliphatic heterocycles. The molecule has 0 amide bonds. The third-order valence-corrected chi connectivity index (χ3v) is 10.7. The molecule has 5 nitrogen and oxygen atoms in total. The summed E-state index contributed by atoms with van der Waals surface area (Å²) in [7, 11) is 0. The second-order valence-corrected chi connectivity index (χ2v) is 13.6. The van der Waals surface area contributed by atoms with E-state index in [1.54, 1.807) is 6.07 Å². The molecule has 1 aliphatic carbocycles. The maximum absolute atomic E-state index is 11.5. The highest BCUT2D eigenvalue weighted by atomic mass is 16.3.